The third kappa shape index (κ3) is 8.05. The smallest absolute Gasteiger partial charge is 0.0157 e. The first kappa shape index (κ1) is 17.1. The fourth-order valence-corrected chi connectivity index (χ4v) is 1.05. The molecule has 16 heavy (non-hydrogen) atoms. The maximum absolute atomic E-state index is 3.74. The predicted octanol–water partition coefficient (Wildman–Crippen LogP) is 5.61. The van der Waals surface area contributed by atoms with Gasteiger partial charge in [-0.3, -0.25) is 0 Å². The van der Waals surface area contributed by atoms with E-state index in [9.17, 15) is 0 Å². The van der Waals surface area contributed by atoms with Crippen LogP contribution in [0.1, 0.15) is 40.5 Å². The van der Waals surface area contributed by atoms with Crippen molar-refractivity contribution in [2.75, 3.05) is 0 Å². The first-order valence-electron chi connectivity index (χ1n) is 6.12. The van der Waals surface area contributed by atoms with Crippen molar-refractivity contribution in [2.24, 2.45) is 0 Å². The van der Waals surface area contributed by atoms with Gasteiger partial charge in [0.25, 0.3) is 0 Å². The molecule has 0 fully saturated rings. The summed E-state index contributed by atoms with van der Waals surface area (Å²) in [4.78, 5) is 0. The molecule has 0 amide bonds. The molecule has 0 heteroatoms. The lowest BCUT2D eigenvalue weighted by molar-refractivity contribution is 1.09. The molecule has 0 aliphatic heterocycles. The summed E-state index contributed by atoms with van der Waals surface area (Å²) < 4.78 is 0. The van der Waals surface area contributed by atoms with Crippen molar-refractivity contribution in [3.05, 3.63) is 60.8 Å². The van der Waals surface area contributed by atoms with E-state index in [1.54, 1.807) is 0 Å². The lowest BCUT2D eigenvalue weighted by Crippen LogP contribution is -1.79. The Bertz CT molecular complexity index is 262. The Morgan fingerprint density at radius 2 is 1.62 bits per heavy atom. The molecule has 1 rings (SSSR count). The van der Waals surface area contributed by atoms with Crippen LogP contribution in [0.5, 0.6) is 0 Å². The summed E-state index contributed by atoms with van der Waals surface area (Å²) in [6.07, 6.45) is 14.3. The summed E-state index contributed by atoms with van der Waals surface area (Å²) in [6, 6.07) is 0. The van der Waals surface area contributed by atoms with Crippen LogP contribution in [-0.2, 0) is 0 Å². The Morgan fingerprint density at radius 3 is 2.06 bits per heavy atom. The molecule has 0 atom stereocenters. The maximum Gasteiger partial charge on any atom is -0.0157 e. The monoisotopic (exact) mass is 218 g/mol. The van der Waals surface area contributed by atoms with Gasteiger partial charge >= 0.3 is 0 Å². The van der Waals surface area contributed by atoms with Gasteiger partial charge in [0.05, 0.1) is 0 Å². The minimum atomic E-state index is 0.981. The molecular formula is C16H26. The Labute approximate surface area is 102 Å². The zero-order valence-electron chi connectivity index (χ0n) is 11.3. The third-order valence-electron chi connectivity index (χ3n) is 1.66. The number of rotatable bonds is 2. The number of hydrogen-bond acceptors (Lipinski definition) is 0. The summed E-state index contributed by atoms with van der Waals surface area (Å²) >= 11 is 0. The summed E-state index contributed by atoms with van der Waals surface area (Å²) in [6.45, 7) is 15.7. The van der Waals surface area contributed by atoms with Gasteiger partial charge in [-0.2, -0.15) is 0 Å². The van der Waals surface area contributed by atoms with E-state index < -0.39 is 0 Å². The second kappa shape index (κ2) is 13.7. The standard InChI is InChI=1S/C11H12.C3H8.C2H6/c1-3-10-8-6-5-7-9-11(10)4-2;1-3-2;1-2/h3-6,8-9H,1-2,7H2;3H2,1-2H3;1-2H3. The van der Waals surface area contributed by atoms with Crippen LogP contribution in [0, 0.1) is 0 Å². The normalized spacial score (nSPS) is 12.8. The summed E-state index contributed by atoms with van der Waals surface area (Å²) in [7, 11) is 0. The van der Waals surface area contributed by atoms with Gasteiger partial charge in [-0.25, -0.2) is 0 Å². The van der Waals surface area contributed by atoms with Gasteiger partial charge in [-0.15, -0.1) is 0 Å². The summed E-state index contributed by atoms with van der Waals surface area (Å²) in [5, 5.41) is 0. The van der Waals surface area contributed by atoms with Crippen molar-refractivity contribution >= 4 is 0 Å². The highest BCUT2D eigenvalue weighted by atomic mass is 14.0. The van der Waals surface area contributed by atoms with Crippen molar-refractivity contribution in [1.82, 2.24) is 0 Å². The van der Waals surface area contributed by atoms with E-state index in [2.05, 4.69) is 39.2 Å². The minimum absolute atomic E-state index is 0.981. The molecule has 0 heterocycles. The first-order valence-corrected chi connectivity index (χ1v) is 6.12. The predicted molar refractivity (Wildman–Crippen MR) is 77.6 cm³/mol. The Kier molecular flexibility index (Phi) is 14.6. The van der Waals surface area contributed by atoms with Gasteiger partial charge in [0.15, 0.2) is 0 Å². The van der Waals surface area contributed by atoms with E-state index in [0.29, 0.717) is 0 Å². The Morgan fingerprint density at radius 1 is 1.12 bits per heavy atom. The molecule has 0 aromatic heterocycles. The molecular weight excluding hydrogens is 192 g/mol. The van der Waals surface area contributed by atoms with Gasteiger partial charge < -0.3 is 0 Å². The van der Waals surface area contributed by atoms with E-state index in [0.717, 1.165) is 12.0 Å². The van der Waals surface area contributed by atoms with Gasteiger partial charge in [-0.05, 0) is 17.6 Å². The fourth-order valence-electron chi connectivity index (χ4n) is 1.05. The zero-order valence-corrected chi connectivity index (χ0v) is 11.3. The molecule has 0 nitrogen and oxygen atoms in total. The van der Waals surface area contributed by atoms with Crippen LogP contribution in [0.15, 0.2) is 60.8 Å². The third-order valence-corrected chi connectivity index (χ3v) is 1.66. The van der Waals surface area contributed by atoms with E-state index in [1.165, 1.54) is 12.0 Å². The highest BCUT2D eigenvalue weighted by molar-refractivity contribution is 5.48. The quantitative estimate of drug-likeness (QED) is 0.565. The van der Waals surface area contributed by atoms with Gasteiger partial charge in [0.2, 0.25) is 0 Å². The highest BCUT2D eigenvalue weighted by Crippen LogP contribution is 2.15. The maximum atomic E-state index is 3.74. The van der Waals surface area contributed by atoms with Crippen molar-refractivity contribution < 1.29 is 0 Å². The Balaban J connectivity index is 0. The molecule has 0 aromatic carbocycles. The van der Waals surface area contributed by atoms with Gasteiger partial charge in [0, 0.05) is 0 Å². The SMILES string of the molecule is C=CC1=CC=CCC=C1C=C.CC.CCC. The molecule has 0 spiro atoms. The molecule has 90 valence electrons. The highest BCUT2D eigenvalue weighted by Gasteiger charge is 1.96. The van der Waals surface area contributed by atoms with Gasteiger partial charge in [0.1, 0.15) is 0 Å². The topological polar surface area (TPSA) is 0 Å². The van der Waals surface area contributed by atoms with Crippen LogP contribution < -0.4 is 0 Å². The fraction of sp³-hybridized carbons (Fsp3) is 0.375. The average molecular weight is 218 g/mol. The molecule has 0 saturated heterocycles. The Hall–Kier alpha value is -1.30. The van der Waals surface area contributed by atoms with E-state index in [-0.39, 0.29) is 0 Å². The van der Waals surface area contributed by atoms with E-state index in [1.807, 2.05) is 38.2 Å². The van der Waals surface area contributed by atoms with Crippen LogP contribution >= 0.6 is 0 Å². The van der Waals surface area contributed by atoms with Crippen LogP contribution in [0.2, 0.25) is 0 Å². The lowest BCUT2D eigenvalue weighted by Gasteiger charge is -1.98. The van der Waals surface area contributed by atoms with Crippen LogP contribution in [-0.4, -0.2) is 0 Å². The number of allylic oxidation sites excluding steroid dienone is 8. The molecule has 0 saturated carbocycles. The van der Waals surface area contributed by atoms with E-state index in [4.69, 9.17) is 0 Å². The van der Waals surface area contributed by atoms with Crippen molar-refractivity contribution in [1.29, 1.82) is 0 Å². The van der Waals surface area contributed by atoms with Gasteiger partial charge in [-0.1, -0.05) is 83.7 Å². The van der Waals surface area contributed by atoms with Crippen molar-refractivity contribution in [2.45, 2.75) is 40.5 Å². The van der Waals surface area contributed by atoms with Crippen LogP contribution in [0.4, 0.5) is 0 Å². The molecule has 0 N–H and O–H groups in total. The molecule has 1 aliphatic carbocycles. The first-order chi connectivity index (χ1) is 7.79. The summed E-state index contributed by atoms with van der Waals surface area (Å²) in [5.74, 6) is 0. The largest absolute Gasteiger partial charge is 0.0985 e. The van der Waals surface area contributed by atoms with Crippen LogP contribution in [0.25, 0.3) is 0 Å². The van der Waals surface area contributed by atoms with E-state index >= 15 is 0 Å². The molecule has 0 radical (unpaired) electrons. The second-order valence-corrected chi connectivity index (χ2v) is 3.06. The van der Waals surface area contributed by atoms with Crippen molar-refractivity contribution in [3.8, 4) is 0 Å². The molecule has 0 aromatic rings. The second-order valence-electron chi connectivity index (χ2n) is 3.06. The van der Waals surface area contributed by atoms with Crippen molar-refractivity contribution in [3.63, 3.8) is 0 Å². The molecule has 0 bridgehead atoms. The lowest BCUT2D eigenvalue weighted by atomic mass is 10.1. The number of hydrogen-bond donors (Lipinski definition) is 0. The zero-order chi connectivity index (χ0) is 12.8. The molecule has 1 aliphatic rings. The molecule has 0 unspecified atom stereocenters. The summed E-state index contributed by atoms with van der Waals surface area (Å²) in [5.41, 5.74) is 2.32. The minimum Gasteiger partial charge on any atom is -0.0985 e. The average Bonchev–Trinajstić information content (AvgIpc) is 2.57. The van der Waals surface area contributed by atoms with Crippen LogP contribution in [0.3, 0.4) is 0 Å².